The molecule has 1 fully saturated rings. The van der Waals surface area contributed by atoms with Crippen LogP contribution in [0.2, 0.25) is 0 Å². The Morgan fingerprint density at radius 1 is 0.923 bits per heavy atom. The fourth-order valence-electron chi connectivity index (χ4n) is 1.25. The summed E-state index contributed by atoms with van der Waals surface area (Å²) in [4.78, 5) is 0. The molecular weight excluding hydrogens is 160 g/mol. The number of nitrogens with one attached hydrogen (secondary N) is 1. The van der Waals surface area contributed by atoms with Crippen LogP contribution in [0.3, 0.4) is 0 Å². The fourth-order valence-corrected chi connectivity index (χ4v) is 1.25. The Balaban J connectivity index is 0.000000132. The van der Waals surface area contributed by atoms with E-state index in [0.717, 1.165) is 5.69 Å². The summed E-state index contributed by atoms with van der Waals surface area (Å²) in [6.45, 7) is 2.50. The van der Waals surface area contributed by atoms with E-state index in [2.05, 4.69) is 5.32 Å². The maximum Gasteiger partial charge on any atom is 0.0313 e. The van der Waals surface area contributed by atoms with Crippen molar-refractivity contribution < 1.29 is 0 Å². The summed E-state index contributed by atoms with van der Waals surface area (Å²) in [5, 5.41) is 3.28. The summed E-state index contributed by atoms with van der Waals surface area (Å²) in [7, 11) is 0. The SMILES string of the molecule is C1CCNCC1.Nc1ccccc1. The van der Waals surface area contributed by atoms with Crippen molar-refractivity contribution in [3.63, 3.8) is 0 Å². The molecule has 72 valence electrons. The molecule has 3 N–H and O–H groups in total. The minimum Gasteiger partial charge on any atom is -0.399 e. The van der Waals surface area contributed by atoms with Crippen LogP contribution in [0.15, 0.2) is 30.3 Å². The smallest absolute Gasteiger partial charge is 0.0313 e. The molecule has 1 aromatic carbocycles. The molecule has 1 saturated heterocycles. The van der Waals surface area contributed by atoms with Gasteiger partial charge in [-0.3, -0.25) is 0 Å². The number of benzene rings is 1. The normalized spacial score (nSPS) is 15.7. The van der Waals surface area contributed by atoms with Gasteiger partial charge in [0.15, 0.2) is 0 Å². The summed E-state index contributed by atoms with van der Waals surface area (Å²) >= 11 is 0. The molecule has 0 amide bonds. The summed E-state index contributed by atoms with van der Waals surface area (Å²) in [5.74, 6) is 0. The van der Waals surface area contributed by atoms with Crippen molar-refractivity contribution in [3.8, 4) is 0 Å². The summed E-state index contributed by atoms with van der Waals surface area (Å²) in [6.07, 6.45) is 4.22. The predicted molar refractivity (Wildman–Crippen MR) is 57.6 cm³/mol. The Morgan fingerprint density at radius 3 is 1.77 bits per heavy atom. The van der Waals surface area contributed by atoms with Crippen LogP contribution in [0.4, 0.5) is 5.69 Å². The number of piperidine rings is 1. The number of anilines is 1. The maximum absolute atomic E-state index is 5.36. The van der Waals surface area contributed by atoms with Crippen molar-refractivity contribution in [2.45, 2.75) is 19.3 Å². The third-order valence-corrected chi connectivity index (χ3v) is 2.01. The molecule has 13 heavy (non-hydrogen) atoms. The number of nitrogen functional groups attached to an aromatic ring is 1. The summed E-state index contributed by atoms with van der Waals surface area (Å²) in [5.41, 5.74) is 6.18. The van der Waals surface area contributed by atoms with Crippen LogP contribution in [-0.4, -0.2) is 13.1 Å². The molecule has 0 aliphatic carbocycles. The van der Waals surface area contributed by atoms with E-state index in [1.165, 1.54) is 32.4 Å². The number of nitrogens with two attached hydrogens (primary N) is 1. The molecule has 0 saturated carbocycles. The standard InChI is InChI=1S/C6H7N.C5H11N/c7-6-4-2-1-3-5-6;1-2-4-6-5-3-1/h1-5H,7H2;6H,1-5H2. The molecule has 0 aromatic heterocycles. The molecule has 1 aromatic rings. The molecule has 0 bridgehead atoms. The third kappa shape index (κ3) is 5.26. The second-order valence-corrected chi connectivity index (χ2v) is 3.22. The highest BCUT2D eigenvalue weighted by Gasteiger charge is 1.93. The van der Waals surface area contributed by atoms with Crippen molar-refractivity contribution in [3.05, 3.63) is 30.3 Å². The first-order chi connectivity index (χ1) is 6.39. The van der Waals surface area contributed by atoms with Gasteiger partial charge in [-0.25, -0.2) is 0 Å². The minimum atomic E-state index is 0.822. The van der Waals surface area contributed by atoms with Crippen LogP contribution in [0.25, 0.3) is 0 Å². The van der Waals surface area contributed by atoms with Crippen LogP contribution in [-0.2, 0) is 0 Å². The minimum absolute atomic E-state index is 0.822. The molecule has 1 aliphatic rings. The highest BCUT2D eigenvalue weighted by Crippen LogP contribution is 1.96. The first kappa shape index (κ1) is 10.1. The van der Waals surface area contributed by atoms with E-state index in [1.54, 1.807) is 0 Å². The summed E-state index contributed by atoms with van der Waals surface area (Å²) < 4.78 is 0. The van der Waals surface area contributed by atoms with E-state index in [0.29, 0.717) is 0 Å². The Hall–Kier alpha value is -1.02. The molecule has 1 heterocycles. The quantitative estimate of drug-likeness (QED) is 0.596. The molecule has 0 radical (unpaired) electrons. The van der Waals surface area contributed by atoms with Crippen LogP contribution in [0, 0.1) is 0 Å². The van der Waals surface area contributed by atoms with Gasteiger partial charge in [-0.1, -0.05) is 24.6 Å². The van der Waals surface area contributed by atoms with E-state index >= 15 is 0 Å². The van der Waals surface area contributed by atoms with Gasteiger partial charge in [-0.2, -0.15) is 0 Å². The van der Waals surface area contributed by atoms with Gasteiger partial charge >= 0.3 is 0 Å². The lowest BCUT2D eigenvalue weighted by Crippen LogP contribution is -2.21. The van der Waals surface area contributed by atoms with Crippen LogP contribution in [0.5, 0.6) is 0 Å². The van der Waals surface area contributed by atoms with Gasteiger partial charge in [-0.05, 0) is 38.1 Å². The highest BCUT2D eigenvalue weighted by molar-refractivity contribution is 5.35. The average molecular weight is 178 g/mol. The van der Waals surface area contributed by atoms with Crippen molar-refractivity contribution in [1.82, 2.24) is 5.32 Å². The number of para-hydroxylation sites is 1. The number of hydrogen-bond acceptors (Lipinski definition) is 2. The Morgan fingerprint density at radius 2 is 1.54 bits per heavy atom. The largest absolute Gasteiger partial charge is 0.399 e. The molecular formula is C11H18N2. The Bertz CT molecular complexity index is 193. The molecule has 0 unspecified atom stereocenters. The zero-order valence-corrected chi connectivity index (χ0v) is 8.00. The van der Waals surface area contributed by atoms with Gasteiger partial charge in [0, 0.05) is 5.69 Å². The first-order valence-electron chi connectivity index (χ1n) is 4.91. The van der Waals surface area contributed by atoms with Crippen LogP contribution < -0.4 is 11.1 Å². The summed E-state index contributed by atoms with van der Waals surface area (Å²) in [6, 6.07) is 9.49. The number of hydrogen-bond donors (Lipinski definition) is 2. The Labute approximate surface area is 80.1 Å². The first-order valence-corrected chi connectivity index (χ1v) is 4.91. The zero-order chi connectivity index (χ0) is 9.36. The van der Waals surface area contributed by atoms with Gasteiger partial charge in [-0.15, -0.1) is 0 Å². The lowest BCUT2D eigenvalue weighted by atomic mass is 10.2. The second-order valence-electron chi connectivity index (χ2n) is 3.22. The molecule has 0 atom stereocenters. The van der Waals surface area contributed by atoms with Crippen molar-refractivity contribution in [2.24, 2.45) is 0 Å². The van der Waals surface area contributed by atoms with Gasteiger partial charge in [0.2, 0.25) is 0 Å². The van der Waals surface area contributed by atoms with E-state index in [4.69, 9.17) is 5.73 Å². The van der Waals surface area contributed by atoms with E-state index in [9.17, 15) is 0 Å². The lowest BCUT2D eigenvalue weighted by Gasteiger charge is -2.08. The van der Waals surface area contributed by atoms with Gasteiger partial charge in [0.05, 0.1) is 0 Å². The highest BCUT2D eigenvalue weighted by atomic mass is 14.9. The van der Waals surface area contributed by atoms with E-state index in [-0.39, 0.29) is 0 Å². The van der Waals surface area contributed by atoms with Gasteiger partial charge in [0.25, 0.3) is 0 Å². The lowest BCUT2D eigenvalue weighted by molar-refractivity contribution is 0.520. The van der Waals surface area contributed by atoms with Crippen molar-refractivity contribution >= 4 is 5.69 Å². The van der Waals surface area contributed by atoms with Crippen molar-refractivity contribution in [1.29, 1.82) is 0 Å². The van der Waals surface area contributed by atoms with Gasteiger partial charge in [0.1, 0.15) is 0 Å². The maximum atomic E-state index is 5.36. The van der Waals surface area contributed by atoms with Crippen LogP contribution >= 0.6 is 0 Å². The molecule has 0 spiro atoms. The average Bonchev–Trinajstić information content (AvgIpc) is 2.22. The molecule has 1 aliphatic heterocycles. The van der Waals surface area contributed by atoms with E-state index in [1.807, 2.05) is 30.3 Å². The van der Waals surface area contributed by atoms with Crippen LogP contribution in [0.1, 0.15) is 19.3 Å². The van der Waals surface area contributed by atoms with E-state index < -0.39 is 0 Å². The molecule has 2 nitrogen and oxygen atoms in total. The van der Waals surface area contributed by atoms with Gasteiger partial charge < -0.3 is 11.1 Å². The second kappa shape index (κ2) is 6.49. The third-order valence-electron chi connectivity index (χ3n) is 2.01. The van der Waals surface area contributed by atoms with Crippen molar-refractivity contribution in [2.75, 3.05) is 18.8 Å². The predicted octanol–water partition coefficient (Wildman–Crippen LogP) is 2.03. The molecule has 2 heteroatoms. The Kier molecular flexibility index (Phi) is 5.02. The topological polar surface area (TPSA) is 38.0 Å². The monoisotopic (exact) mass is 178 g/mol. The number of rotatable bonds is 0. The molecule has 2 rings (SSSR count). The fraction of sp³-hybridized carbons (Fsp3) is 0.455. The zero-order valence-electron chi connectivity index (χ0n) is 8.00.